The molecule has 0 bridgehead atoms. The van der Waals surface area contributed by atoms with Gasteiger partial charge in [-0.1, -0.05) is 307 Å². The van der Waals surface area contributed by atoms with Gasteiger partial charge in [0.15, 0.2) is 6.10 Å². The van der Waals surface area contributed by atoms with Crippen LogP contribution in [0, 0.1) is 0 Å². The normalized spacial score (nSPS) is 12.3. The lowest BCUT2D eigenvalue weighted by Crippen LogP contribution is -2.30. The maximum atomic E-state index is 12.9. The summed E-state index contributed by atoms with van der Waals surface area (Å²) in [6.07, 6.45) is 81.2. The summed E-state index contributed by atoms with van der Waals surface area (Å²) in [5, 5.41) is 0. The van der Waals surface area contributed by atoms with E-state index in [1.165, 1.54) is 231 Å². The average molecular weight is 1070 g/mol. The quantitative estimate of drug-likeness (QED) is 0.0261. The van der Waals surface area contributed by atoms with E-state index in [4.69, 9.17) is 14.2 Å². The Morgan fingerprint density at radius 3 is 0.737 bits per heavy atom. The zero-order chi connectivity index (χ0) is 55.0. The molecule has 0 aliphatic rings. The van der Waals surface area contributed by atoms with Gasteiger partial charge in [0.25, 0.3) is 0 Å². The first-order valence-electron chi connectivity index (χ1n) is 33.6. The van der Waals surface area contributed by atoms with E-state index in [0.717, 1.165) is 89.9 Å². The predicted molar refractivity (Wildman–Crippen MR) is 330 cm³/mol. The number of esters is 3. The van der Waals surface area contributed by atoms with E-state index in [1.807, 2.05) is 0 Å². The molecule has 0 aromatic heterocycles. The minimum Gasteiger partial charge on any atom is -0.462 e. The van der Waals surface area contributed by atoms with Gasteiger partial charge < -0.3 is 14.2 Å². The molecule has 0 aliphatic carbocycles. The summed E-state index contributed by atoms with van der Waals surface area (Å²) in [4.78, 5) is 38.3. The molecule has 0 fully saturated rings. The van der Waals surface area contributed by atoms with Crippen LogP contribution in [0.3, 0.4) is 0 Å². The van der Waals surface area contributed by atoms with E-state index >= 15 is 0 Å². The second-order valence-corrected chi connectivity index (χ2v) is 22.7. The van der Waals surface area contributed by atoms with E-state index in [2.05, 4.69) is 69.4 Å². The molecule has 6 heteroatoms. The number of unbranched alkanes of at least 4 members (excludes halogenated alkanes) is 43. The van der Waals surface area contributed by atoms with Crippen LogP contribution < -0.4 is 0 Å². The van der Waals surface area contributed by atoms with Crippen LogP contribution >= 0.6 is 0 Å². The second-order valence-electron chi connectivity index (χ2n) is 22.7. The van der Waals surface area contributed by atoms with Crippen LogP contribution in [0.25, 0.3) is 0 Å². The van der Waals surface area contributed by atoms with Gasteiger partial charge in [-0.2, -0.15) is 0 Å². The van der Waals surface area contributed by atoms with Crippen molar-refractivity contribution in [3.8, 4) is 0 Å². The van der Waals surface area contributed by atoms with Crippen molar-refractivity contribution < 1.29 is 28.6 Å². The van der Waals surface area contributed by atoms with Crippen LogP contribution in [0.2, 0.25) is 0 Å². The number of hydrogen-bond donors (Lipinski definition) is 0. The van der Waals surface area contributed by atoms with Crippen LogP contribution in [-0.4, -0.2) is 37.2 Å². The molecule has 0 rings (SSSR count). The number of carbonyl (C=O) groups excluding carboxylic acids is 3. The SMILES string of the molecule is CCCCCC/C=C\C/C=C\CCCCCCCC(=O)OC(COC(=O)CCCCCCCCCCCCCCCCC)COC(=O)CCCCCCCCCCCCCCCCC/C=C\C/C=C\CCCCCCC. The van der Waals surface area contributed by atoms with Crippen molar-refractivity contribution in [1.29, 1.82) is 0 Å². The maximum Gasteiger partial charge on any atom is 0.306 e. The second kappa shape index (κ2) is 64.9. The summed E-state index contributed by atoms with van der Waals surface area (Å²) >= 11 is 0. The Balaban J connectivity index is 4.25. The number of rotatable bonds is 62. The third kappa shape index (κ3) is 62.2. The molecule has 0 spiro atoms. The number of hydrogen-bond acceptors (Lipinski definition) is 6. The summed E-state index contributed by atoms with van der Waals surface area (Å²) in [6.45, 7) is 6.66. The van der Waals surface area contributed by atoms with Gasteiger partial charge in [-0.15, -0.1) is 0 Å². The molecule has 0 saturated carbocycles. The summed E-state index contributed by atoms with van der Waals surface area (Å²) in [5.41, 5.74) is 0. The molecular weight excluding hydrogens is 937 g/mol. The van der Waals surface area contributed by atoms with Gasteiger partial charge in [0.2, 0.25) is 0 Å². The van der Waals surface area contributed by atoms with Crippen molar-refractivity contribution in [3.63, 3.8) is 0 Å². The first kappa shape index (κ1) is 73.4. The first-order chi connectivity index (χ1) is 37.5. The van der Waals surface area contributed by atoms with E-state index in [1.54, 1.807) is 0 Å². The zero-order valence-electron chi connectivity index (χ0n) is 51.0. The summed E-state index contributed by atoms with van der Waals surface area (Å²) < 4.78 is 17.0. The van der Waals surface area contributed by atoms with Crippen LogP contribution in [0.1, 0.15) is 361 Å². The fourth-order valence-electron chi connectivity index (χ4n) is 9.98. The molecule has 0 aromatic rings. The van der Waals surface area contributed by atoms with E-state index in [-0.39, 0.29) is 31.1 Å². The van der Waals surface area contributed by atoms with Crippen LogP contribution in [0.15, 0.2) is 48.6 Å². The predicted octanol–water partition coefficient (Wildman–Crippen LogP) is 22.9. The minimum atomic E-state index is -0.779. The lowest BCUT2D eigenvalue weighted by atomic mass is 10.0. The van der Waals surface area contributed by atoms with Gasteiger partial charge in [-0.05, 0) is 83.5 Å². The summed E-state index contributed by atoms with van der Waals surface area (Å²) in [5.74, 6) is -0.865. The first-order valence-corrected chi connectivity index (χ1v) is 33.6. The summed E-state index contributed by atoms with van der Waals surface area (Å²) in [6, 6.07) is 0. The zero-order valence-corrected chi connectivity index (χ0v) is 51.0. The third-order valence-corrected chi connectivity index (χ3v) is 15.1. The Hall–Kier alpha value is -2.63. The van der Waals surface area contributed by atoms with Gasteiger partial charge in [-0.3, -0.25) is 14.4 Å². The highest BCUT2D eigenvalue weighted by Gasteiger charge is 2.19. The monoisotopic (exact) mass is 1060 g/mol. The molecule has 0 N–H and O–H groups in total. The topological polar surface area (TPSA) is 78.9 Å². The maximum absolute atomic E-state index is 12.9. The molecule has 0 radical (unpaired) electrons. The number of ether oxygens (including phenoxy) is 3. The van der Waals surface area contributed by atoms with Gasteiger partial charge in [-0.25, -0.2) is 0 Å². The fraction of sp³-hybridized carbons (Fsp3) is 0.843. The third-order valence-electron chi connectivity index (χ3n) is 15.1. The molecular formula is C70H128O6. The molecule has 0 aromatic carbocycles. The average Bonchev–Trinajstić information content (AvgIpc) is 3.42. The van der Waals surface area contributed by atoms with Crippen molar-refractivity contribution in [2.24, 2.45) is 0 Å². The standard InChI is InChI=1S/C70H128O6/c1-4-7-10-13-16-19-22-25-28-30-31-32-33-34-35-36-37-38-39-40-43-45-48-51-54-57-60-63-69(72)75-66-67(65-74-68(71)62-59-56-53-50-47-44-41-27-24-21-18-15-12-9-6-3)76-70(73)64-61-58-55-52-49-46-42-29-26-23-20-17-14-11-8-5-2/h20,22-23,25,29-31,42,67H,4-19,21,24,26-28,32-41,43-66H2,1-3H3/b23-20-,25-22-,31-30-,42-29-. The Bertz CT molecular complexity index is 1310. The van der Waals surface area contributed by atoms with Gasteiger partial charge in [0.1, 0.15) is 13.2 Å². The van der Waals surface area contributed by atoms with Crippen LogP contribution in [-0.2, 0) is 28.6 Å². The fourth-order valence-corrected chi connectivity index (χ4v) is 9.98. The summed E-state index contributed by atoms with van der Waals surface area (Å²) in [7, 11) is 0. The largest absolute Gasteiger partial charge is 0.462 e. The molecule has 0 aliphatic heterocycles. The number of carbonyl (C=O) groups is 3. The molecule has 444 valence electrons. The number of allylic oxidation sites excluding steroid dienone is 8. The minimum absolute atomic E-state index is 0.0742. The van der Waals surface area contributed by atoms with Crippen molar-refractivity contribution in [1.82, 2.24) is 0 Å². The molecule has 0 amide bonds. The van der Waals surface area contributed by atoms with Crippen molar-refractivity contribution in [2.45, 2.75) is 367 Å². The Morgan fingerprint density at radius 1 is 0.263 bits per heavy atom. The lowest BCUT2D eigenvalue weighted by Gasteiger charge is -2.18. The van der Waals surface area contributed by atoms with Crippen LogP contribution in [0.5, 0.6) is 0 Å². The van der Waals surface area contributed by atoms with E-state index in [9.17, 15) is 14.4 Å². The molecule has 76 heavy (non-hydrogen) atoms. The molecule has 0 saturated heterocycles. The Kier molecular flexibility index (Phi) is 62.6. The molecule has 1 unspecified atom stereocenters. The van der Waals surface area contributed by atoms with E-state index in [0.29, 0.717) is 19.3 Å². The highest BCUT2D eigenvalue weighted by atomic mass is 16.6. The van der Waals surface area contributed by atoms with Gasteiger partial charge in [0, 0.05) is 19.3 Å². The molecule has 6 nitrogen and oxygen atoms in total. The Labute approximate surface area is 473 Å². The smallest absolute Gasteiger partial charge is 0.306 e. The van der Waals surface area contributed by atoms with E-state index < -0.39 is 6.10 Å². The van der Waals surface area contributed by atoms with Crippen molar-refractivity contribution in [2.75, 3.05) is 13.2 Å². The van der Waals surface area contributed by atoms with Crippen LogP contribution in [0.4, 0.5) is 0 Å². The van der Waals surface area contributed by atoms with Crippen molar-refractivity contribution >= 4 is 17.9 Å². The highest BCUT2D eigenvalue weighted by Crippen LogP contribution is 2.17. The van der Waals surface area contributed by atoms with Crippen molar-refractivity contribution in [3.05, 3.63) is 48.6 Å². The highest BCUT2D eigenvalue weighted by molar-refractivity contribution is 5.71. The lowest BCUT2D eigenvalue weighted by molar-refractivity contribution is -0.167. The molecule has 1 atom stereocenters. The molecule has 0 heterocycles. The Morgan fingerprint density at radius 2 is 0.474 bits per heavy atom. The van der Waals surface area contributed by atoms with Gasteiger partial charge in [0.05, 0.1) is 0 Å². The van der Waals surface area contributed by atoms with Gasteiger partial charge >= 0.3 is 17.9 Å².